The lowest BCUT2D eigenvalue weighted by Gasteiger charge is -2.06. The summed E-state index contributed by atoms with van der Waals surface area (Å²) >= 11 is 0. The number of aryl methyl sites for hydroxylation is 2. The molecule has 0 aliphatic carbocycles. The van der Waals surface area contributed by atoms with Crippen molar-refractivity contribution in [2.24, 2.45) is 7.05 Å². The molecule has 0 bridgehead atoms. The third-order valence-corrected chi connectivity index (χ3v) is 3.16. The molecule has 2 rings (SSSR count). The zero-order valence-corrected chi connectivity index (χ0v) is 11.8. The van der Waals surface area contributed by atoms with Gasteiger partial charge in [-0.05, 0) is 37.6 Å². The highest BCUT2D eigenvalue weighted by Crippen LogP contribution is 2.12. The van der Waals surface area contributed by atoms with E-state index in [4.69, 9.17) is 4.74 Å². The van der Waals surface area contributed by atoms with Gasteiger partial charge in [0.25, 0.3) is 0 Å². The van der Waals surface area contributed by atoms with E-state index in [-0.39, 0.29) is 0 Å². The first-order chi connectivity index (χ1) is 9.19. The summed E-state index contributed by atoms with van der Waals surface area (Å²) < 4.78 is 7.07. The minimum absolute atomic E-state index is 0.865. The summed E-state index contributed by atoms with van der Waals surface area (Å²) in [6.07, 6.45) is 3.06. The molecule has 0 fully saturated rings. The van der Waals surface area contributed by atoms with Crippen molar-refractivity contribution in [1.82, 2.24) is 15.1 Å². The number of rotatable bonds is 6. The fourth-order valence-corrected chi connectivity index (χ4v) is 2.11. The highest BCUT2D eigenvalue weighted by molar-refractivity contribution is 5.28. The summed E-state index contributed by atoms with van der Waals surface area (Å²) in [5.41, 5.74) is 3.64. The molecule has 0 spiro atoms. The van der Waals surface area contributed by atoms with Gasteiger partial charge < -0.3 is 10.1 Å². The van der Waals surface area contributed by atoms with Crippen LogP contribution in [0.3, 0.4) is 0 Å². The predicted octanol–water partition coefficient (Wildman–Crippen LogP) is 2.07. The van der Waals surface area contributed by atoms with E-state index in [1.54, 1.807) is 7.11 Å². The fraction of sp³-hybridized carbons (Fsp3) is 0.400. The van der Waals surface area contributed by atoms with Crippen LogP contribution in [0.15, 0.2) is 30.5 Å². The van der Waals surface area contributed by atoms with Gasteiger partial charge in [-0.25, -0.2) is 0 Å². The van der Waals surface area contributed by atoms with Gasteiger partial charge >= 0.3 is 0 Å². The van der Waals surface area contributed by atoms with E-state index in [0.29, 0.717) is 0 Å². The van der Waals surface area contributed by atoms with Crippen molar-refractivity contribution >= 4 is 0 Å². The fourth-order valence-electron chi connectivity index (χ4n) is 2.11. The molecular formula is C15H21N3O. The molecule has 0 saturated heterocycles. The number of nitrogens with zero attached hydrogens (tertiary/aromatic N) is 2. The molecule has 1 aromatic carbocycles. The first-order valence-corrected chi connectivity index (χ1v) is 6.52. The Kier molecular flexibility index (Phi) is 4.58. The number of aromatic nitrogens is 2. The molecule has 2 aromatic rings. The van der Waals surface area contributed by atoms with Crippen molar-refractivity contribution in [2.75, 3.05) is 13.7 Å². The van der Waals surface area contributed by atoms with Gasteiger partial charge in [0.2, 0.25) is 0 Å². The van der Waals surface area contributed by atoms with Crippen molar-refractivity contribution in [1.29, 1.82) is 0 Å². The molecule has 4 heteroatoms. The third-order valence-electron chi connectivity index (χ3n) is 3.16. The monoisotopic (exact) mass is 259 g/mol. The largest absolute Gasteiger partial charge is 0.497 e. The van der Waals surface area contributed by atoms with E-state index < -0.39 is 0 Å². The van der Waals surface area contributed by atoms with Crippen LogP contribution >= 0.6 is 0 Å². The van der Waals surface area contributed by atoms with Crippen molar-refractivity contribution in [2.45, 2.75) is 19.9 Å². The third kappa shape index (κ3) is 3.83. The summed E-state index contributed by atoms with van der Waals surface area (Å²) in [6, 6.07) is 8.20. The molecule has 0 aliphatic rings. The maximum atomic E-state index is 5.22. The van der Waals surface area contributed by atoms with Gasteiger partial charge in [-0.1, -0.05) is 12.1 Å². The van der Waals surface area contributed by atoms with Crippen LogP contribution in [0, 0.1) is 6.92 Å². The van der Waals surface area contributed by atoms with Crippen molar-refractivity contribution in [3.05, 3.63) is 47.3 Å². The highest BCUT2D eigenvalue weighted by atomic mass is 16.5. The average Bonchev–Trinajstić information content (AvgIpc) is 2.73. The second-order valence-electron chi connectivity index (χ2n) is 4.69. The molecule has 0 radical (unpaired) electrons. The molecule has 0 atom stereocenters. The Balaban J connectivity index is 1.79. The van der Waals surface area contributed by atoms with E-state index >= 15 is 0 Å². The maximum Gasteiger partial charge on any atom is 0.119 e. The first-order valence-electron chi connectivity index (χ1n) is 6.52. The minimum atomic E-state index is 0.865. The molecule has 0 saturated carbocycles. The Hall–Kier alpha value is -1.81. The quantitative estimate of drug-likeness (QED) is 0.807. The number of methoxy groups -OCH3 is 1. The molecule has 19 heavy (non-hydrogen) atoms. The van der Waals surface area contributed by atoms with E-state index in [1.807, 2.05) is 30.8 Å². The van der Waals surface area contributed by atoms with Crippen LogP contribution < -0.4 is 10.1 Å². The van der Waals surface area contributed by atoms with Gasteiger partial charge in [-0.3, -0.25) is 4.68 Å². The Bertz CT molecular complexity index is 534. The topological polar surface area (TPSA) is 39.1 Å². The minimum Gasteiger partial charge on any atom is -0.497 e. The number of hydrogen-bond donors (Lipinski definition) is 1. The summed E-state index contributed by atoms with van der Waals surface area (Å²) in [7, 11) is 3.65. The van der Waals surface area contributed by atoms with Crippen LogP contribution in [0.5, 0.6) is 5.75 Å². The zero-order chi connectivity index (χ0) is 13.7. The maximum absolute atomic E-state index is 5.22. The molecular weight excluding hydrogens is 238 g/mol. The Labute approximate surface area is 114 Å². The predicted molar refractivity (Wildman–Crippen MR) is 76.3 cm³/mol. The summed E-state index contributed by atoms with van der Waals surface area (Å²) in [6.45, 7) is 3.85. The van der Waals surface area contributed by atoms with E-state index in [2.05, 4.69) is 28.7 Å². The second kappa shape index (κ2) is 6.38. The average molecular weight is 259 g/mol. The van der Waals surface area contributed by atoms with E-state index in [0.717, 1.165) is 31.0 Å². The second-order valence-corrected chi connectivity index (χ2v) is 4.69. The van der Waals surface area contributed by atoms with Crippen molar-refractivity contribution < 1.29 is 4.74 Å². The summed E-state index contributed by atoms with van der Waals surface area (Å²) in [4.78, 5) is 0. The van der Waals surface area contributed by atoms with Gasteiger partial charge in [0.05, 0.1) is 12.8 Å². The van der Waals surface area contributed by atoms with Gasteiger partial charge in [-0.2, -0.15) is 5.10 Å². The first kappa shape index (κ1) is 13.6. The number of ether oxygens (including phenoxy) is 1. The lowest BCUT2D eigenvalue weighted by Crippen LogP contribution is -2.16. The molecule has 1 aromatic heterocycles. The Morgan fingerprint density at radius 3 is 2.89 bits per heavy atom. The molecule has 0 amide bonds. The summed E-state index contributed by atoms with van der Waals surface area (Å²) in [5.74, 6) is 0.917. The lowest BCUT2D eigenvalue weighted by atomic mass is 10.1. The van der Waals surface area contributed by atoms with Crippen LogP contribution in [0.4, 0.5) is 0 Å². The molecule has 4 nitrogen and oxygen atoms in total. The van der Waals surface area contributed by atoms with Crippen molar-refractivity contribution in [3.63, 3.8) is 0 Å². The van der Waals surface area contributed by atoms with Gasteiger partial charge in [0, 0.05) is 25.4 Å². The van der Waals surface area contributed by atoms with Crippen LogP contribution in [0.2, 0.25) is 0 Å². The van der Waals surface area contributed by atoms with Crippen LogP contribution in [-0.4, -0.2) is 23.4 Å². The lowest BCUT2D eigenvalue weighted by molar-refractivity contribution is 0.414. The van der Waals surface area contributed by atoms with Crippen molar-refractivity contribution in [3.8, 4) is 5.75 Å². The molecule has 1 N–H and O–H groups in total. The standard InChI is InChI=1S/C15H21N3O/c1-12-14(11-18(2)17-12)10-16-8-7-13-5-4-6-15(9-13)19-3/h4-6,9,11,16H,7-8,10H2,1-3H3. The van der Waals surface area contributed by atoms with E-state index in [9.17, 15) is 0 Å². The molecule has 0 unspecified atom stereocenters. The van der Waals surface area contributed by atoms with Crippen LogP contribution in [-0.2, 0) is 20.0 Å². The number of hydrogen-bond acceptors (Lipinski definition) is 3. The van der Waals surface area contributed by atoms with E-state index in [1.165, 1.54) is 11.1 Å². The molecule has 102 valence electrons. The van der Waals surface area contributed by atoms with Gasteiger partial charge in [-0.15, -0.1) is 0 Å². The molecule has 0 aliphatic heterocycles. The van der Waals surface area contributed by atoms with Gasteiger partial charge in [0.15, 0.2) is 0 Å². The Morgan fingerprint density at radius 1 is 1.37 bits per heavy atom. The smallest absolute Gasteiger partial charge is 0.119 e. The van der Waals surface area contributed by atoms with Crippen LogP contribution in [0.1, 0.15) is 16.8 Å². The van der Waals surface area contributed by atoms with Crippen LogP contribution in [0.25, 0.3) is 0 Å². The highest BCUT2D eigenvalue weighted by Gasteiger charge is 2.02. The molecule has 1 heterocycles. The zero-order valence-electron chi connectivity index (χ0n) is 11.8. The SMILES string of the molecule is COc1cccc(CCNCc2cn(C)nc2C)c1. The summed E-state index contributed by atoms with van der Waals surface area (Å²) in [5, 5.41) is 7.78. The Morgan fingerprint density at radius 2 is 2.21 bits per heavy atom. The number of nitrogens with one attached hydrogen (secondary N) is 1. The van der Waals surface area contributed by atoms with Gasteiger partial charge in [0.1, 0.15) is 5.75 Å². The normalized spacial score (nSPS) is 10.7. The number of benzene rings is 1.